The lowest BCUT2D eigenvalue weighted by Crippen LogP contribution is -2.49. The second kappa shape index (κ2) is 33.2. The van der Waals surface area contributed by atoms with Crippen LogP contribution in [0.2, 0.25) is 0 Å². The molecule has 0 saturated carbocycles. The number of nitrogens with two attached hydrogens (primary N) is 2. The Morgan fingerprint density at radius 2 is 1.05 bits per heavy atom. The molecule has 0 radical (unpaired) electrons. The van der Waals surface area contributed by atoms with Crippen molar-refractivity contribution in [1.82, 2.24) is 35.6 Å². The number of hydrogen-bond donors (Lipinski definition) is 7. The van der Waals surface area contributed by atoms with Gasteiger partial charge in [-0.3, -0.25) is 48.4 Å². The number of carboxylic acid groups (broad SMARTS) is 2. The van der Waals surface area contributed by atoms with Gasteiger partial charge in [0.1, 0.15) is 12.3 Å². The number of carbonyl (C=O) groups is 7. The predicted molar refractivity (Wildman–Crippen MR) is 208 cm³/mol. The first-order chi connectivity index (χ1) is 27.4. The first-order valence-corrected chi connectivity index (χ1v) is 19.8. The van der Waals surface area contributed by atoms with Gasteiger partial charge in [0.2, 0.25) is 23.6 Å². The number of unbranched alkanes of at least 4 members (excludes halogenated alkanes) is 1. The number of carbonyl (C=O) groups excluding carboxylic acids is 5. The van der Waals surface area contributed by atoms with Gasteiger partial charge in [-0.1, -0.05) is 0 Å². The fraction of sp³-hybridized carbons (Fsp3) is 0.806. The Balaban J connectivity index is 2.38. The summed E-state index contributed by atoms with van der Waals surface area (Å²) in [5.74, 6) is -3.76. The van der Waals surface area contributed by atoms with Crippen molar-refractivity contribution in [3.63, 3.8) is 0 Å². The van der Waals surface area contributed by atoms with Crippen LogP contribution in [0.25, 0.3) is 0 Å². The molecule has 21 nitrogen and oxygen atoms in total. The zero-order chi connectivity index (χ0) is 42.1. The zero-order valence-corrected chi connectivity index (χ0v) is 33.4. The van der Waals surface area contributed by atoms with Gasteiger partial charge in [-0.25, -0.2) is 0 Å². The molecule has 0 bridgehead atoms. The van der Waals surface area contributed by atoms with Gasteiger partial charge in [0.05, 0.1) is 52.6 Å². The minimum absolute atomic E-state index is 0.0328. The summed E-state index contributed by atoms with van der Waals surface area (Å²) in [6, 6.07) is -0.928. The molecule has 1 saturated heterocycles. The van der Waals surface area contributed by atoms with E-state index in [1.807, 2.05) is 9.80 Å². The lowest BCUT2D eigenvalue weighted by Gasteiger charge is -2.32. The summed E-state index contributed by atoms with van der Waals surface area (Å²) in [7, 11) is 0. The fourth-order valence-corrected chi connectivity index (χ4v) is 5.68. The maximum Gasteiger partial charge on any atom is 0.317 e. The van der Waals surface area contributed by atoms with E-state index in [0.29, 0.717) is 131 Å². The van der Waals surface area contributed by atoms with Crippen LogP contribution in [0, 0.1) is 0 Å². The summed E-state index contributed by atoms with van der Waals surface area (Å²) in [4.78, 5) is 90.9. The molecule has 57 heavy (non-hydrogen) atoms. The number of primary amides is 1. The topological polar surface area (TPSA) is 289 Å². The number of nitrogens with one attached hydrogen (secondary N) is 3. The lowest BCUT2D eigenvalue weighted by atomic mass is 10.1. The van der Waals surface area contributed by atoms with Crippen LogP contribution in [0.3, 0.4) is 0 Å². The van der Waals surface area contributed by atoms with Crippen LogP contribution in [0.4, 0.5) is 0 Å². The van der Waals surface area contributed by atoms with E-state index in [9.17, 15) is 43.8 Å². The minimum atomic E-state index is -1.02. The molecule has 1 fully saturated rings. The van der Waals surface area contributed by atoms with Gasteiger partial charge in [0, 0.05) is 91.5 Å². The molecule has 0 spiro atoms. The quantitative estimate of drug-likeness (QED) is 0.0264. The maximum absolute atomic E-state index is 12.9. The average molecular weight is 818 g/mol. The molecule has 0 unspecified atom stereocenters. The van der Waals surface area contributed by atoms with Crippen molar-refractivity contribution < 1.29 is 58.0 Å². The Hall–Kier alpha value is -3.83. The maximum atomic E-state index is 12.9. The van der Waals surface area contributed by atoms with Crippen LogP contribution >= 0.6 is 0 Å². The standard InChI is InChI=1S/C36H67N9O12/c37-8-3-21-55-23-25-57-26-24-56-22-4-10-39-31(47)6-7-32(48)41-30(36(38)54)5-1-2-9-40-33(49)27-43-13-11-42(19-20-46)12-14-44(28-34(50)51)17-18-45(16-15-43)29-35(52)53/h20,30H,1-19,21-29,37H2,(H2,38,54)(H,39,47)(H,40,49)(H,41,48)(H,50,51)(H,52,53)/t30-/m0/s1. The van der Waals surface area contributed by atoms with Crippen LogP contribution in [0.5, 0.6) is 0 Å². The van der Waals surface area contributed by atoms with E-state index in [4.69, 9.17) is 25.7 Å². The Labute approximate surface area is 335 Å². The van der Waals surface area contributed by atoms with Gasteiger partial charge < -0.3 is 56.6 Å². The summed E-state index contributed by atoms with van der Waals surface area (Å²) in [5.41, 5.74) is 10.9. The monoisotopic (exact) mass is 817 g/mol. The molecule has 1 aliphatic rings. The SMILES string of the molecule is NCCCOCCOCCOCCCNC(=O)CCC(=O)N[C@@H](CCCCNC(=O)CN1CCN(CC=O)CCN(CC(=O)O)CCN(CC(=O)O)CC1)C(N)=O. The second-order valence-electron chi connectivity index (χ2n) is 13.6. The first-order valence-electron chi connectivity index (χ1n) is 19.8. The van der Waals surface area contributed by atoms with E-state index in [-0.39, 0.29) is 57.3 Å². The van der Waals surface area contributed by atoms with Crippen LogP contribution in [-0.4, -0.2) is 216 Å². The van der Waals surface area contributed by atoms with E-state index in [2.05, 4.69) is 16.0 Å². The van der Waals surface area contributed by atoms with Crippen LogP contribution in [0.1, 0.15) is 44.9 Å². The van der Waals surface area contributed by atoms with E-state index in [0.717, 1.165) is 12.7 Å². The highest BCUT2D eigenvalue weighted by molar-refractivity contribution is 5.88. The molecule has 1 rings (SSSR count). The van der Waals surface area contributed by atoms with Gasteiger partial charge in [0.25, 0.3) is 0 Å². The molecule has 21 heteroatoms. The van der Waals surface area contributed by atoms with Crippen molar-refractivity contribution in [2.24, 2.45) is 11.5 Å². The predicted octanol–water partition coefficient (Wildman–Crippen LogP) is -3.48. The van der Waals surface area contributed by atoms with Crippen LogP contribution in [-0.2, 0) is 47.8 Å². The number of carboxylic acids is 2. The molecule has 0 aromatic heterocycles. The summed E-state index contributed by atoms with van der Waals surface area (Å²) >= 11 is 0. The second-order valence-corrected chi connectivity index (χ2v) is 13.6. The van der Waals surface area contributed by atoms with E-state index < -0.39 is 29.8 Å². The van der Waals surface area contributed by atoms with Gasteiger partial charge in [0.15, 0.2) is 0 Å². The lowest BCUT2D eigenvalue weighted by molar-refractivity contribution is -0.140. The minimum Gasteiger partial charge on any atom is -0.480 e. The van der Waals surface area contributed by atoms with Crippen molar-refractivity contribution >= 4 is 41.9 Å². The summed E-state index contributed by atoms with van der Waals surface area (Å²) < 4.78 is 16.2. The summed E-state index contributed by atoms with van der Waals surface area (Å²) in [6.45, 7) is 6.95. The van der Waals surface area contributed by atoms with Crippen LogP contribution < -0.4 is 27.4 Å². The number of hydrogen-bond acceptors (Lipinski definition) is 15. The fourth-order valence-electron chi connectivity index (χ4n) is 5.68. The number of ether oxygens (including phenoxy) is 3. The number of rotatable bonds is 31. The Morgan fingerprint density at radius 3 is 1.56 bits per heavy atom. The molecular formula is C36H67N9O12. The molecule has 1 atom stereocenters. The van der Waals surface area contributed by atoms with E-state index in [1.54, 1.807) is 9.80 Å². The highest BCUT2D eigenvalue weighted by Crippen LogP contribution is 2.04. The third-order valence-corrected chi connectivity index (χ3v) is 8.87. The average Bonchev–Trinajstić information content (AvgIpc) is 3.15. The molecule has 9 N–H and O–H groups in total. The van der Waals surface area contributed by atoms with Gasteiger partial charge >= 0.3 is 11.9 Å². The molecule has 0 aromatic carbocycles. The van der Waals surface area contributed by atoms with E-state index in [1.165, 1.54) is 0 Å². The van der Waals surface area contributed by atoms with Crippen molar-refractivity contribution in [3.8, 4) is 0 Å². The first kappa shape index (κ1) is 51.2. The van der Waals surface area contributed by atoms with E-state index >= 15 is 0 Å². The van der Waals surface area contributed by atoms with Crippen molar-refractivity contribution in [3.05, 3.63) is 0 Å². The molecule has 0 aromatic rings. The number of nitrogens with zero attached hydrogens (tertiary/aromatic N) is 4. The van der Waals surface area contributed by atoms with Gasteiger partial charge in [-0.05, 0) is 38.6 Å². The highest BCUT2D eigenvalue weighted by atomic mass is 16.5. The smallest absolute Gasteiger partial charge is 0.317 e. The molecule has 328 valence electrons. The van der Waals surface area contributed by atoms with Gasteiger partial charge in [-0.15, -0.1) is 0 Å². The normalized spacial score (nSPS) is 15.8. The third-order valence-electron chi connectivity index (χ3n) is 8.87. The van der Waals surface area contributed by atoms with Crippen LogP contribution in [0.15, 0.2) is 0 Å². The largest absolute Gasteiger partial charge is 0.480 e. The number of amides is 4. The molecule has 1 heterocycles. The summed E-state index contributed by atoms with van der Waals surface area (Å²) in [5, 5.41) is 26.9. The molecule has 0 aliphatic carbocycles. The molecule has 4 amide bonds. The highest BCUT2D eigenvalue weighted by Gasteiger charge is 2.21. The van der Waals surface area contributed by atoms with Gasteiger partial charge in [-0.2, -0.15) is 0 Å². The number of aldehydes is 1. The van der Waals surface area contributed by atoms with Crippen molar-refractivity contribution in [1.29, 1.82) is 0 Å². The molecular weight excluding hydrogens is 750 g/mol. The Bertz CT molecular complexity index is 1190. The summed E-state index contributed by atoms with van der Waals surface area (Å²) in [6.07, 6.45) is 3.23. The zero-order valence-electron chi connectivity index (χ0n) is 33.4. The number of aliphatic carboxylic acids is 2. The Kier molecular flexibility index (Phi) is 29.8. The Morgan fingerprint density at radius 1 is 0.596 bits per heavy atom. The van der Waals surface area contributed by atoms with Crippen molar-refractivity contribution in [2.45, 2.75) is 51.0 Å². The molecule has 1 aliphatic heterocycles. The third kappa shape index (κ3) is 29.1. The van der Waals surface area contributed by atoms with Crippen molar-refractivity contribution in [2.75, 3.05) is 138 Å².